The van der Waals surface area contributed by atoms with E-state index in [2.05, 4.69) is 28.6 Å². The van der Waals surface area contributed by atoms with Crippen LogP contribution in [0.4, 0.5) is 5.69 Å². The molecule has 0 saturated carbocycles. The molecule has 3 nitrogen and oxygen atoms in total. The van der Waals surface area contributed by atoms with Gasteiger partial charge >= 0.3 is 0 Å². The van der Waals surface area contributed by atoms with Gasteiger partial charge in [0.15, 0.2) is 0 Å². The number of anilines is 1. The SMILES string of the molecule is C[C@H](N)C1c2ccccc2NN1C. The van der Waals surface area contributed by atoms with Gasteiger partial charge < -0.3 is 11.2 Å². The zero-order valence-electron chi connectivity index (χ0n) is 7.99. The lowest BCUT2D eigenvalue weighted by molar-refractivity contribution is 0.285. The molecule has 0 bridgehead atoms. The number of hydrogen-bond acceptors (Lipinski definition) is 3. The number of nitrogens with one attached hydrogen (secondary N) is 1. The average molecular weight is 177 g/mol. The van der Waals surface area contributed by atoms with E-state index in [1.165, 1.54) is 11.3 Å². The summed E-state index contributed by atoms with van der Waals surface area (Å²) in [6.45, 7) is 2.03. The predicted molar refractivity (Wildman–Crippen MR) is 54.2 cm³/mol. The van der Waals surface area contributed by atoms with E-state index in [0.717, 1.165) is 0 Å². The minimum atomic E-state index is 0.140. The van der Waals surface area contributed by atoms with Gasteiger partial charge in [-0.05, 0) is 18.6 Å². The van der Waals surface area contributed by atoms with Gasteiger partial charge in [-0.2, -0.15) is 0 Å². The first-order chi connectivity index (χ1) is 6.20. The van der Waals surface area contributed by atoms with Crippen molar-refractivity contribution < 1.29 is 0 Å². The Hall–Kier alpha value is -1.06. The Labute approximate surface area is 78.5 Å². The summed E-state index contributed by atoms with van der Waals surface area (Å²) in [5.74, 6) is 0. The van der Waals surface area contributed by atoms with Crippen LogP contribution >= 0.6 is 0 Å². The maximum Gasteiger partial charge on any atom is 0.0706 e. The van der Waals surface area contributed by atoms with E-state index in [1.54, 1.807) is 0 Å². The third-order valence-electron chi connectivity index (χ3n) is 2.49. The number of nitrogens with zero attached hydrogens (tertiary/aromatic N) is 1. The zero-order chi connectivity index (χ0) is 9.42. The molecule has 0 fully saturated rings. The minimum absolute atomic E-state index is 0.140. The molecule has 70 valence electrons. The van der Waals surface area contributed by atoms with Crippen LogP contribution in [0.15, 0.2) is 24.3 Å². The second-order valence-corrected chi connectivity index (χ2v) is 3.61. The number of fused-ring (bicyclic) bond motifs is 1. The fraction of sp³-hybridized carbons (Fsp3) is 0.400. The van der Waals surface area contributed by atoms with Gasteiger partial charge in [0.1, 0.15) is 0 Å². The van der Waals surface area contributed by atoms with E-state index < -0.39 is 0 Å². The van der Waals surface area contributed by atoms with Crippen LogP contribution in [-0.4, -0.2) is 18.1 Å². The van der Waals surface area contributed by atoms with Gasteiger partial charge in [-0.15, -0.1) is 0 Å². The molecule has 0 amide bonds. The second kappa shape index (κ2) is 3.01. The van der Waals surface area contributed by atoms with Crippen molar-refractivity contribution >= 4 is 5.69 Å². The molecule has 0 spiro atoms. The highest BCUT2D eigenvalue weighted by atomic mass is 15.5. The van der Waals surface area contributed by atoms with Crippen molar-refractivity contribution in [1.29, 1.82) is 0 Å². The average Bonchev–Trinajstić information content (AvgIpc) is 2.39. The summed E-state index contributed by atoms with van der Waals surface area (Å²) in [6.07, 6.45) is 0. The third kappa shape index (κ3) is 1.30. The Kier molecular flexibility index (Phi) is 1.98. The summed E-state index contributed by atoms with van der Waals surface area (Å²) in [4.78, 5) is 0. The van der Waals surface area contributed by atoms with Crippen LogP contribution in [0.1, 0.15) is 18.5 Å². The maximum absolute atomic E-state index is 5.92. The number of benzene rings is 1. The van der Waals surface area contributed by atoms with Crippen molar-refractivity contribution in [2.24, 2.45) is 5.73 Å². The number of likely N-dealkylation sites (N-methyl/N-ethyl adjacent to an activating group) is 1. The molecule has 1 unspecified atom stereocenters. The molecule has 3 heteroatoms. The van der Waals surface area contributed by atoms with E-state index in [-0.39, 0.29) is 12.1 Å². The zero-order valence-corrected chi connectivity index (χ0v) is 7.99. The van der Waals surface area contributed by atoms with E-state index in [9.17, 15) is 0 Å². The van der Waals surface area contributed by atoms with Crippen molar-refractivity contribution in [3.8, 4) is 0 Å². The molecule has 0 aliphatic carbocycles. The molecule has 0 saturated heterocycles. The van der Waals surface area contributed by atoms with Crippen molar-refractivity contribution in [2.45, 2.75) is 19.0 Å². The van der Waals surface area contributed by atoms with Crippen molar-refractivity contribution in [3.63, 3.8) is 0 Å². The van der Waals surface area contributed by atoms with Gasteiger partial charge in [-0.1, -0.05) is 18.2 Å². The molecule has 1 aliphatic heterocycles. The Morgan fingerprint density at radius 2 is 2.15 bits per heavy atom. The van der Waals surface area contributed by atoms with E-state index >= 15 is 0 Å². The van der Waals surface area contributed by atoms with E-state index in [0.29, 0.717) is 0 Å². The number of para-hydroxylation sites is 1. The predicted octanol–water partition coefficient (Wildman–Crippen LogP) is 1.35. The summed E-state index contributed by atoms with van der Waals surface area (Å²) in [7, 11) is 2.02. The first-order valence-corrected chi connectivity index (χ1v) is 4.54. The fourth-order valence-electron chi connectivity index (χ4n) is 1.96. The molecule has 0 aromatic heterocycles. The lowest BCUT2D eigenvalue weighted by Crippen LogP contribution is -2.35. The molecule has 2 atom stereocenters. The van der Waals surface area contributed by atoms with Gasteiger partial charge in [-0.3, -0.25) is 0 Å². The van der Waals surface area contributed by atoms with Crippen LogP contribution in [0.3, 0.4) is 0 Å². The molecule has 1 aromatic carbocycles. The van der Waals surface area contributed by atoms with Crippen molar-refractivity contribution in [2.75, 3.05) is 12.5 Å². The summed E-state index contributed by atoms with van der Waals surface area (Å²) < 4.78 is 0. The lowest BCUT2D eigenvalue weighted by atomic mass is 10.0. The standard InChI is InChI=1S/C10H15N3/c1-7(11)10-8-5-3-4-6-9(8)12-13(10)2/h3-7,10,12H,11H2,1-2H3/t7-,10?/m0/s1. The Bertz CT molecular complexity index is 309. The molecule has 1 aromatic rings. The molecule has 3 N–H and O–H groups in total. The second-order valence-electron chi connectivity index (χ2n) is 3.61. The quantitative estimate of drug-likeness (QED) is 0.680. The fourth-order valence-corrected chi connectivity index (χ4v) is 1.96. The highest BCUT2D eigenvalue weighted by Gasteiger charge is 2.29. The van der Waals surface area contributed by atoms with E-state index in [1.807, 2.05) is 20.0 Å². The molecular weight excluding hydrogens is 162 g/mol. The first-order valence-electron chi connectivity index (χ1n) is 4.54. The molecule has 13 heavy (non-hydrogen) atoms. The smallest absolute Gasteiger partial charge is 0.0706 e. The topological polar surface area (TPSA) is 41.3 Å². The normalized spacial score (nSPS) is 23.8. The van der Waals surface area contributed by atoms with Gasteiger partial charge in [0.05, 0.1) is 11.7 Å². The van der Waals surface area contributed by atoms with Gasteiger partial charge in [0.2, 0.25) is 0 Å². The highest BCUT2D eigenvalue weighted by molar-refractivity contribution is 5.56. The monoisotopic (exact) mass is 177 g/mol. The van der Waals surface area contributed by atoms with Gasteiger partial charge in [-0.25, -0.2) is 5.01 Å². The lowest BCUT2D eigenvalue weighted by Gasteiger charge is -2.23. The van der Waals surface area contributed by atoms with Crippen LogP contribution in [0.25, 0.3) is 0 Å². The van der Waals surface area contributed by atoms with Crippen molar-refractivity contribution in [3.05, 3.63) is 29.8 Å². The molecule has 2 rings (SSSR count). The summed E-state index contributed by atoms with van der Waals surface area (Å²) in [6, 6.07) is 8.71. The number of hydrazine groups is 1. The van der Waals surface area contributed by atoms with Gasteiger partial charge in [0.25, 0.3) is 0 Å². The summed E-state index contributed by atoms with van der Waals surface area (Å²) >= 11 is 0. The Balaban J connectivity index is 2.40. The van der Waals surface area contributed by atoms with Crippen LogP contribution < -0.4 is 11.2 Å². The maximum atomic E-state index is 5.92. The Morgan fingerprint density at radius 1 is 1.46 bits per heavy atom. The highest BCUT2D eigenvalue weighted by Crippen LogP contribution is 2.34. The Morgan fingerprint density at radius 3 is 2.85 bits per heavy atom. The van der Waals surface area contributed by atoms with E-state index in [4.69, 9.17) is 5.73 Å². The van der Waals surface area contributed by atoms with Gasteiger partial charge in [0, 0.05) is 13.1 Å². The largest absolute Gasteiger partial charge is 0.326 e. The molecular formula is C10H15N3. The molecule has 1 aliphatic rings. The van der Waals surface area contributed by atoms with Crippen molar-refractivity contribution in [1.82, 2.24) is 5.01 Å². The molecule has 0 radical (unpaired) electrons. The first kappa shape index (κ1) is 8.53. The van der Waals surface area contributed by atoms with Crippen LogP contribution in [-0.2, 0) is 0 Å². The van der Waals surface area contributed by atoms with Crippen LogP contribution in [0.5, 0.6) is 0 Å². The summed E-state index contributed by atoms with van der Waals surface area (Å²) in [5.41, 5.74) is 11.7. The van der Waals surface area contributed by atoms with Crippen LogP contribution in [0, 0.1) is 0 Å². The number of nitrogens with two attached hydrogens (primary N) is 1. The number of rotatable bonds is 1. The van der Waals surface area contributed by atoms with Crippen LogP contribution in [0.2, 0.25) is 0 Å². The summed E-state index contributed by atoms with van der Waals surface area (Å²) in [5, 5.41) is 2.06. The number of hydrogen-bond donors (Lipinski definition) is 2. The minimum Gasteiger partial charge on any atom is -0.326 e. The third-order valence-corrected chi connectivity index (χ3v) is 2.49. The molecule has 1 heterocycles.